The fourth-order valence-corrected chi connectivity index (χ4v) is 3.34. The summed E-state index contributed by atoms with van der Waals surface area (Å²) in [5.41, 5.74) is 0.921. The second-order valence-corrected chi connectivity index (χ2v) is 6.61. The Balaban J connectivity index is 1.37. The molecule has 2 saturated heterocycles. The minimum Gasteiger partial charge on any atom is -0.376 e. The van der Waals surface area contributed by atoms with Crippen LogP contribution < -0.4 is 4.90 Å². The predicted molar refractivity (Wildman–Crippen MR) is 92.2 cm³/mol. The van der Waals surface area contributed by atoms with Gasteiger partial charge < -0.3 is 18.9 Å². The summed E-state index contributed by atoms with van der Waals surface area (Å²) in [5, 5.41) is 4.08. The monoisotopic (exact) mass is 344 g/mol. The van der Waals surface area contributed by atoms with Crippen molar-refractivity contribution in [2.45, 2.75) is 44.8 Å². The second-order valence-electron chi connectivity index (χ2n) is 6.61. The summed E-state index contributed by atoms with van der Waals surface area (Å²) >= 11 is 0. The van der Waals surface area contributed by atoms with Crippen LogP contribution in [-0.4, -0.2) is 47.5 Å². The highest BCUT2D eigenvalue weighted by atomic mass is 16.5. The molecule has 7 nitrogen and oxygen atoms in total. The van der Waals surface area contributed by atoms with E-state index in [4.69, 9.17) is 14.0 Å². The number of hydrogen-bond acceptors (Lipinski definition) is 7. The van der Waals surface area contributed by atoms with Gasteiger partial charge in [0.25, 0.3) is 5.89 Å². The highest BCUT2D eigenvalue weighted by molar-refractivity contribution is 5.59. The van der Waals surface area contributed by atoms with Gasteiger partial charge in [-0.15, -0.1) is 0 Å². The van der Waals surface area contributed by atoms with E-state index in [1.165, 1.54) is 19.3 Å². The maximum atomic E-state index is 5.63. The molecular weight excluding hydrogens is 320 g/mol. The molecule has 0 bridgehead atoms. The van der Waals surface area contributed by atoms with Crippen LogP contribution in [0.25, 0.3) is 11.4 Å². The van der Waals surface area contributed by atoms with Gasteiger partial charge in [0, 0.05) is 31.5 Å². The van der Waals surface area contributed by atoms with Gasteiger partial charge in [-0.25, -0.2) is 4.98 Å². The number of hydrogen-bond donors (Lipinski definition) is 0. The van der Waals surface area contributed by atoms with E-state index in [2.05, 4.69) is 20.0 Å². The van der Waals surface area contributed by atoms with E-state index in [9.17, 15) is 0 Å². The van der Waals surface area contributed by atoms with Crippen LogP contribution in [0.1, 0.15) is 38.0 Å². The van der Waals surface area contributed by atoms with Gasteiger partial charge in [-0.1, -0.05) is 5.16 Å². The zero-order valence-electron chi connectivity index (χ0n) is 14.4. The smallest absolute Gasteiger partial charge is 0.252 e. The lowest BCUT2D eigenvalue weighted by Gasteiger charge is -2.27. The van der Waals surface area contributed by atoms with Gasteiger partial charge in [0.2, 0.25) is 5.82 Å². The van der Waals surface area contributed by atoms with Gasteiger partial charge in [0.05, 0.1) is 12.7 Å². The van der Waals surface area contributed by atoms with E-state index in [0.717, 1.165) is 43.9 Å². The largest absolute Gasteiger partial charge is 0.376 e. The maximum absolute atomic E-state index is 5.63. The van der Waals surface area contributed by atoms with Crippen molar-refractivity contribution in [2.75, 3.05) is 31.2 Å². The predicted octanol–water partition coefficient (Wildman–Crippen LogP) is 2.82. The third kappa shape index (κ3) is 4.16. The third-order valence-corrected chi connectivity index (χ3v) is 4.71. The van der Waals surface area contributed by atoms with Crippen LogP contribution in [0.15, 0.2) is 22.9 Å². The zero-order valence-corrected chi connectivity index (χ0v) is 14.4. The average Bonchev–Trinajstić information content (AvgIpc) is 3.35. The third-order valence-electron chi connectivity index (χ3n) is 4.71. The highest BCUT2D eigenvalue weighted by Crippen LogP contribution is 2.23. The topological polar surface area (TPSA) is 73.5 Å². The summed E-state index contributed by atoms with van der Waals surface area (Å²) in [4.78, 5) is 11.2. The Morgan fingerprint density at radius 3 is 2.96 bits per heavy atom. The normalized spacial score (nSPS) is 21.0. The van der Waals surface area contributed by atoms with Gasteiger partial charge in [-0.3, -0.25) is 0 Å². The first-order valence-corrected chi connectivity index (χ1v) is 9.12. The molecule has 2 aliphatic rings. The Morgan fingerprint density at radius 1 is 1.20 bits per heavy atom. The lowest BCUT2D eigenvalue weighted by atomic mass is 10.1. The summed E-state index contributed by atoms with van der Waals surface area (Å²) in [6, 6.07) is 3.95. The van der Waals surface area contributed by atoms with Crippen LogP contribution in [0.5, 0.6) is 0 Å². The van der Waals surface area contributed by atoms with Crippen LogP contribution in [-0.2, 0) is 16.1 Å². The Hall–Kier alpha value is -1.99. The Labute approximate surface area is 147 Å². The number of aromatic nitrogens is 3. The van der Waals surface area contributed by atoms with Crippen molar-refractivity contribution in [3.05, 3.63) is 24.2 Å². The lowest BCUT2D eigenvalue weighted by Crippen LogP contribution is -2.30. The molecule has 25 heavy (non-hydrogen) atoms. The first kappa shape index (κ1) is 16.5. The number of nitrogens with zero attached hydrogens (tertiary/aromatic N) is 4. The molecule has 7 heteroatoms. The maximum Gasteiger partial charge on any atom is 0.252 e. The quantitative estimate of drug-likeness (QED) is 0.797. The Morgan fingerprint density at radius 2 is 2.12 bits per heavy atom. The van der Waals surface area contributed by atoms with Crippen molar-refractivity contribution >= 4 is 5.82 Å². The average molecular weight is 344 g/mol. The molecule has 0 saturated carbocycles. The second kappa shape index (κ2) is 7.93. The first-order valence-electron chi connectivity index (χ1n) is 9.12. The van der Waals surface area contributed by atoms with E-state index < -0.39 is 0 Å². The van der Waals surface area contributed by atoms with E-state index in [-0.39, 0.29) is 6.10 Å². The minimum absolute atomic E-state index is 0.203. The number of piperidine rings is 1. The van der Waals surface area contributed by atoms with Gasteiger partial charge in [0.1, 0.15) is 12.4 Å². The summed E-state index contributed by atoms with van der Waals surface area (Å²) < 4.78 is 16.5. The van der Waals surface area contributed by atoms with Crippen LogP contribution in [0.4, 0.5) is 5.82 Å². The molecule has 4 heterocycles. The first-order chi connectivity index (χ1) is 12.4. The molecule has 0 aliphatic carbocycles. The minimum atomic E-state index is 0.203. The van der Waals surface area contributed by atoms with E-state index >= 15 is 0 Å². The van der Waals surface area contributed by atoms with Crippen LogP contribution in [0, 0.1) is 0 Å². The molecule has 2 aromatic heterocycles. The molecule has 134 valence electrons. The molecule has 2 aliphatic heterocycles. The van der Waals surface area contributed by atoms with E-state index in [0.29, 0.717) is 24.9 Å². The van der Waals surface area contributed by atoms with Crippen molar-refractivity contribution in [1.82, 2.24) is 15.1 Å². The van der Waals surface area contributed by atoms with Crippen molar-refractivity contribution < 1.29 is 14.0 Å². The summed E-state index contributed by atoms with van der Waals surface area (Å²) in [6.07, 6.45) is 7.93. The molecule has 0 radical (unpaired) electrons. The number of pyridine rings is 1. The summed E-state index contributed by atoms with van der Waals surface area (Å²) in [5.74, 6) is 2.05. The molecule has 2 fully saturated rings. The van der Waals surface area contributed by atoms with Crippen LogP contribution in [0.3, 0.4) is 0 Å². The molecule has 0 spiro atoms. The van der Waals surface area contributed by atoms with Crippen molar-refractivity contribution in [3.63, 3.8) is 0 Å². The Bertz CT molecular complexity index is 678. The van der Waals surface area contributed by atoms with Gasteiger partial charge in [0.15, 0.2) is 0 Å². The SMILES string of the molecule is c1cc(-c2noc(COC[C@H]3CCCO3)n2)cc(N2CCCCC2)n1. The molecule has 0 unspecified atom stereocenters. The summed E-state index contributed by atoms with van der Waals surface area (Å²) in [6.45, 7) is 3.85. The van der Waals surface area contributed by atoms with E-state index in [1.54, 1.807) is 0 Å². The van der Waals surface area contributed by atoms with Gasteiger partial charge in [-0.05, 0) is 44.2 Å². The molecule has 2 aromatic rings. The summed E-state index contributed by atoms with van der Waals surface area (Å²) in [7, 11) is 0. The highest BCUT2D eigenvalue weighted by Gasteiger charge is 2.17. The molecule has 4 rings (SSSR count). The van der Waals surface area contributed by atoms with Gasteiger partial charge >= 0.3 is 0 Å². The number of anilines is 1. The fourth-order valence-electron chi connectivity index (χ4n) is 3.34. The number of rotatable bonds is 6. The molecule has 0 amide bonds. The van der Waals surface area contributed by atoms with Gasteiger partial charge in [-0.2, -0.15) is 4.98 Å². The lowest BCUT2D eigenvalue weighted by molar-refractivity contribution is 0.00325. The number of ether oxygens (including phenoxy) is 2. The van der Waals surface area contributed by atoms with Crippen molar-refractivity contribution in [1.29, 1.82) is 0 Å². The molecular formula is C18H24N4O3. The molecule has 1 atom stereocenters. The van der Waals surface area contributed by atoms with E-state index in [1.807, 2.05) is 18.3 Å². The molecule has 0 N–H and O–H groups in total. The molecule has 0 aromatic carbocycles. The zero-order chi connectivity index (χ0) is 16.9. The van der Waals surface area contributed by atoms with Crippen LogP contribution >= 0.6 is 0 Å². The fraction of sp³-hybridized carbons (Fsp3) is 0.611. The van der Waals surface area contributed by atoms with Crippen LogP contribution in [0.2, 0.25) is 0 Å². The van der Waals surface area contributed by atoms with Crippen molar-refractivity contribution in [3.8, 4) is 11.4 Å². The standard InChI is InChI=1S/C18H24N4O3/c1-2-8-22(9-3-1)16-11-14(6-7-19-16)18-20-17(25-21-18)13-23-12-15-5-4-10-24-15/h6-7,11,15H,1-5,8-10,12-13H2/t15-/m1/s1. The Kier molecular flexibility index (Phi) is 5.22. The van der Waals surface area contributed by atoms with Crippen molar-refractivity contribution in [2.24, 2.45) is 0 Å².